The van der Waals surface area contributed by atoms with E-state index in [1.165, 1.54) is 109 Å². The fraction of sp³-hybridized carbons (Fsp3) is 0.952. The predicted molar refractivity (Wildman–Crippen MR) is 103 cm³/mol. The van der Waals surface area contributed by atoms with Crippen LogP contribution in [0.4, 0.5) is 0 Å². The molecule has 0 bridgehead atoms. The Morgan fingerprint density at radius 3 is 1.04 bits per heavy atom. The molecule has 0 saturated heterocycles. The molecular formula is C21H43NO. The molecule has 0 radical (unpaired) electrons. The molecule has 0 aromatic rings. The zero-order chi connectivity index (χ0) is 17.0. The smallest absolute Gasteiger partial charge is 0.217 e. The number of hydrogen-bond acceptors (Lipinski definition) is 1. The molecule has 0 spiro atoms. The first kappa shape index (κ1) is 22.5. The molecule has 0 aliphatic rings. The Labute approximate surface area is 146 Å². The third kappa shape index (κ3) is 21.5. The van der Waals surface area contributed by atoms with Crippen molar-refractivity contribution in [3.05, 3.63) is 0 Å². The minimum Gasteiger partial charge on any atom is -0.370 e. The van der Waals surface area contributed by atoms with Crippen LogP contribution in [0.5, 0.6) is 0 Å². The van der Waals surface area contributed by atoms with Crippen molar-refractivity contribution >= 4 is 5.91 Å². The predicted octanol–water partition coefficient (Wildman–Crippen LogP) is 6.90. The quantitative estimate of drug-likeness (QED) is 0.258. The number of hydrogen-bond donors (Lipinski definition) is 1. The number of carbonyl (C=O) groups is 1. The summed E-state index contributed by atoms with van der Waals surface area (Å²) in [5, 5.41) is 0. The molecule has 0 atom stereocenters. The molecule has 1 amide bonds. The molecule has 2 heteroatoms. The van der Waals surface area contributed by atoms with Crippen LogP contribution in [0.1, 0.15) is 129 Å². The number of carbonyl (C=O) groups excluding carboxylic acids is 1. The lowest BCUT2D eigenvalue weighted by molar-refractivity contribution is -0.118. The summed E-state index contributed by atoms with van der Waals surface area (Å²) in [6, 6.07) is 0. The van der Waals surface area contributed by atoms with E-state index in [-0.39, 0.29) is 5.91 Å². The summed E-state index contributed by atoms with van der Waals surface area (Å²) < 4.78 is 0. The SMILES string of the molecule is CCCCCCCCCCCCCCCCCCCCC(N)=O. The molecule has 0 saturated carbocycles. The lowest BCUT2D eigenvalue weighted by atomic mass is 10.0. The van der Waals surface area contributed by atoms with E-state index in [0.29, 0.717) is 6.42 Å². The van der Waals surface area contributed by atoms with Crippen molar-refractivity contribution in [1.29, 1.82) is 0 Å². The Bertz CT molecular complexity index is 240. The zero-order valence-electron chi connectivity index (χ0n) is 15.9. The summed E-state index contributed by atoms with van der Waals surface area (Å²) in [6.45, 7) is 2.28. The second kappa shape index (κ2) is 19.5. The highest BCUT2D eigenvalue weighted by Crippen LogP contribution is 2.14. The molecule has 0 aliphatic carbocycles. The molecule has 0 aromatic carbocycles. The number of unbranched alkanes of at least 4 members (excludes halogenated alkanes) is 17. The first-order valence-corrected chi connectivity index (χ1v) is 10.6. The number of rotatable bonds is 19. The van der Waals surface area contributed by atoms with Gasteiger partial charge in [0.15, 0.2) is 0 Å². The summed E-state index contributed by atoms with van der Waals surface area (Å²) in [5.41, 5.74) is 5.13. The molecule has 0 unspecified atom stereocenters. The fourth-order valence-corrected chi connectivity index (χ4v) is 3.20. The molecule has 138 valence electrons. The van der Waals surface area contributed by atoms with E-state index in [9.17, 15) is 4.79 Å². The van der Waals surface area contributed by atoms with Crippen molar-refractivity contribution < 1.29 is 4.79 Å². The van der Waals surface area contributed by atoms with Gasteiger partial charge in [0.25, 0.3) is 0 Å². The molecule has 0 aliphatic heterocycles. The van der Waals surface area contributed by atoms with E-state index >= 15 is 0 Å². The van der Waals surface area contributed by atoms with Gasteiger partial charge in [-0.15, -0.1) is 0 Å². The molecule has 0 fully saturated rings. The average molecular weight is 326 g/mol. The first-order chi connectivity index (χ1) is 11.3. The summed E-state index contributed by atoms with van der Waals surface area (Å²) >= 11 is 0. The Kier molecular flexibility index (Phi) is 19.1. The molecule has 2 nitrogen and oxygen atoms in total. The van der Waals surface area contributed by atoms with E-state index in [1.807, 2.05) is 0 Å². The van der Waals surface area contributed by atoms with Crippen LogP contribution in [0.2, 0.25) is 0 Å². The van der Waals surface area contributed by atoms with Gasteiger partial charge in [-0.3, -0.25) is 4.79 Å². The third-order valence-electron chi connectivity index (χ3n) is 4.78. The van der Waals surface area contributed by atoms with Gasteiger partial charge in [-0.1, -0.05) is 116 Å². The minimum absolute atomic E-state index is 0.151. The van der Waals surface area contributed by atoms with Crippen LogP contribution >= 0.6 is 0 Å². The lowest BCUT2D eigenvalue weighted by Gasteiger charge is -2.03. The second-order valence-corrected chi connectivity index (χ2v) is 7.23. The normalized spacial score (nSPS) is 11.0. The number of primary amides is 1. The number of nitrogens with two attached hydrogens (primary N) is 1. The van der Waals surface area contributed by atoms with E-state index in [2.05, 4.69) is 6.92 Å². The van der Waals surface area contributed by atoms with Crippen LogP contribution in [0.3, 0.4) is 0 Å². The Morgan fingerprint density at radius 1 is 0.522 bits per heavy atom. The summed E-state index contributed by atoms with van der Waals surface area (Å²) in [6.07, 6.45) is 25.3. The van der Waals surface area contributed by atoms with Crippen molar-refractivity contribution in [2.24, 2.45) is 5.73 Å². The maximum Gasteiger partial charge on any atom is 0.217 e. The summed E-state index contributed by atoms with van der Waals surface area (Å²) in [4.78, 5) is 10.6. The van der Waals surface area contributed by atoms with Crippen molar-refractivity contribution in [3.8, 4) is 0 Å². The van der Waals surface area contributed by atoms with Gasteiger partial charge in [0, 0.05) is 6.42 Å². The fourth-order valence-electron chi connectivity index (χ4n) is 3.20. The van der Waals surface area contributed by atoms with Crippen LogP contribution in [0, 0.1) is 0 Å². The van der Waals surface area contributed by atoms with Gasteiger partial charge < -0.3 is 5.73 Å². The summed E-state index contributed by atoms with van der Waals surface area (Å²) in [5.74, 6) is -0.151. The average Bonchev–Trinajstić information content (AvgIpc) is 2.53. The van der Waals surface area contributed by atoms with Crippen molar-refractivity contribution in [2.75, 3.05) is 0 Å². The van der Waals surface area contributed by atoms with Gasteiger partial charge in [-0.25, -0.2) is 0 Å². The Morgan fingerprint density at radius 2 is 0.783 bits per heavy atom. The zero-order valence-corrected chi connectivity index (χ0v) is 15.9. The Balaban J connectivity index is 2.96. The maximum absolute atomic E-state index is 10.6. The van der Waals surface area contributed by atoms with Crippen LogP contribution in [-0.2, 0) is 4.79 Å². The summed E-state index contributed by atoms with van der Waals surface area (Å²) in [7, 11) is 0. The van der Waals surface area contributed by atoms with E-state index in [1.54, 1.807) is 0 Å². The van der Waals surface area contributed by atoms with Gasteiger partial charge >= 0.3 is 0 Å². The van der Waals surface area contributed by atoms with E-state index in [0.717, 1.165) is 6.42 Å². The molecule has 23 heavy (non-hydrogen) atoms. The molecule has 0 heterocycles. The van der Waals surface area contributed by atoms with Crippen LogP contribution in [0.25, 0.3) is 0 Å². The first-order valence-electron chi connectivity index (χ1n) is 10.6. The van der Waals surface area contributed by atoms with Crippen LogP contribution < -0.4 is 5.73 Å². The highest BCUT2D eigenvalue weighted by atomic mass is 16.1. The monoisotopic (exact) mass is 325 g/mol. The van der Waals surface area contributed by atoms with Gasteiger partial charge in [0.1, 0.15) is 0 Å². The van der Waals surface area contributed by atoms with Crippen LogP contribution in [-0.4, -0.2) is 5.91 Å². The van der Waals surface area contributed by atoms with Crippen LogP contribution in [0.15, 0.2) is 0 Å². The Hall–Kier alpha value is -0.530. The van der Waals surface area contributed by atoms with E-state index in [4.69, 9.17) is 5.73 Å². The molecule has 2 N–H and O–H groups in total. The van der Waals surface area contributed by atoms with Gasteiger partial charge in [-0.05, 0) is 6.42 Å². The van der Waals surface area contributed by atoms with Crippen molar-refractivity contribution in [1.82, 2.24) is 0 Å². The van der Waals surface area contributed by atoms with Gasteiger partial charge in [0.05, 0.1) is 0 Å². The van der Waals surface area contributed by atoms with Crippen molar-refractivity contribution in [2.45, 2.75) is 129 Å². The topological polar surface area (TPSA) is 43.1 Å². The lowest BCUT2D eigenvalue weighted by Crippen LogP contribution is -2.09. The van der Waals surface area contributed by atoms with E-state index < -0.39 is 0 Å². The van der Waals surface area contributed by atoms with Gasteiger partial charge in [-0.2, -0.15) is 0 Å². The maximum atomic E-state index is 10.6. The minimum atomic E-state index is -0.151. The third-order valence-corrected chi connectivity index (χ3v) is 4.78. The molecule has 0 rings (SSSR count). The molecular weight excluding hydrogens is 282 g/mol. The highest BCUT2D eigenvalue weighted by molar-refractivity contribution is 5.73. The largest absolute Gasteiger partial charge is 0.370 e. The van der Waals surface area contributed by atoms with Crippen molar-refractivity contribution in [3.63, 3.8) is 0 Å². The standard InChI is InChI=1S/C21H43NO/c1-2-3-4-5-6-7-8-9-10-11-12-13-14-15-16-17-18-19-20-21(22)23/h2-20H2,1H3,(H2,22,23). The number of amides is 1. The van der Waals surface area contributed by atoms with Gasteiger partial charge in [0.2, 0.25) is 5.91 Å². The second-order valence-electron chi connectivity index (χ2n) is 7.23. The highest BCUT2D eigenvalue weighted by Gasteiger charge is 1.96. The molecule has 0 aromatic heterocycles.